The van der Waals surface area contributed by atoms with E-state index < -0.39 is 0 Å². The van der Waals surface area contributed by atoms with Gasteiger partial charge in [0.2, 0.25) is 11.9 Å². The van der Waals surface area contributed by atoms with Crippen molar-refractivity contribution in [2.24, 2.45) is 0 Å². The fraction of sp³-hybridized carbons (Fsp3) is 0.583. The van der Waals surface area contributed by atoms with Gasteiger partial charge < -0.3 is 20.3 Å². The molecule has 1 saturated heterocycles. The maximum absolute atomic E-state index is 11.9. The van der Waals surface area contributed by atoms with Crippen LogP contribution >= 0.6 is 0 Å². The molecule has 7 heteroatoms. The van der Waals surface area contributed by atoms with Gasteiger partial charge in [-0.25, -0.2) is 4.98 Å². The van der Waals surface area contributed by atoms with Crippen molar-refractivity contribution in [3.05, 3.63) is 11.8 Å². The largest absolute Gasteiger partial charge is 0.377 e. The minimum Gasteiger partial charge on any atom is -0.377 e. The maximum atomic E-state index is 11.9. The highest BCUT2D eigenvalue weighted by atomic mass is 16.5. The second kappa shape index (κ2) is 5.83. The molecule has 0 spiro atoms. The SMILES string of the molecule is CNC(=O)C1COCCN1c1cc(C)nc(NC)n1. The lowest BCUT2D eigenvalue weighted by molar-refractivity contribution is -0.124. The Morgan fingerprint density at radius 1 is 1.47 bits per heavy atom. The number of amides is 1. The third-order valence-electron chi connectivity index (χ3n) is 3.04. The Labute approximate surface area is 112 Å². The average molecular weight is 265 g/mol. The molecular weight excluding hydrogens is 246 g/mol. The first-order chi connectivity index (χ1) is 9.15. The predicted molar refractivity (Wildman–Crippen MR) is 72.3 cm³/mol. The number of rotatable bonds is 3. The van der Waals surface area contributed by atoms with Crippen molar-refractivity contribution in [3.63, 3.8) is 0 Å². The van der Waals surface area contributed by atoms with Crippen LogP contribution < -0.4 is 15.5 Å². The van der Waals surface area contributed by atoms with Crippen LogP contribution in [-0.4, -0.2) is 55.8 Å². The van der Waals surface area contributed by atoms with Crippen LogP contribution in [0.1, 0.15) is 5.69 Å². The van der Waals surface area contributed by atoms with Crippen LogP contribution in [0.4, 0.5) is 11.8 Å². The third-order valence-corrected chi connectivity index (χ3v) is 3.04. The number of anilines is 2. The van der Waals surface area contributed by atoms with Crippen LogP contribution in [0.25, 0.3) is 0 Å². The number of hydrogen-bond donors (Lipinski definition) is 2. The Bertz CT molecular complexity index is 465. The summed E-state index contributed by atoms with van der Waals surface area (Å²) in [7, 11) is 3.40. The van der Waals surface area contributed by atoms with Crippen molar-refractivity contribution in [2.75, 3.05) is 44.1 Å². The summed E-state index contributed by atoms with van der Waals surface area (Å²) >= 11 is 0. The molecule has 1 unspecified atom stereocenters. The number of ether oxygens (including phenoxy) is 1. The molecule has 1 amide bonds. The highest BCUT2D eigenvalue weighted by molar-refractivity contribution is 5.85. The second-order valence-corrected chi connectivity index (χ2v) is 4.34. The smallest absolute Gasteiger partial charge is 0.244 e. The summed E-state index contributed by atoms with van der Waals surface area (Å²) in [4.78, 5) is 22.5. The second-order valence-electron chi connectivity index (χ2n) is 4.34. The van der Waals surface area contributed by atoms with E-state index in [-0.39, 0.29) is 11.9 Å². The van der Waals surface area contributed by atoms with Crippen molar-refractivity contribution >= 4 is 17.7 Å². The number of nitrogens with one attached hydrogen (secondary N) is 2. The third kappa shape index (κ3) is 2.93. The van der Waals surface area contributed by atoms with Gasteiger partial charge >= 0.3 is 0 Å². The Morgan fingerprint density at radius 3 is 2.95 bits per heavy atom. The molecule has 0 radical (unpaired) electrons. The van der Waals surface area contributed by atoms with Crippen molar-refractivity contribution in [2.45, 2.75) is 13.0 Å². The van der Waals surface area contributed by atoms with Crippen molar-refractivity contribution in [3.8, 4) is 0 Å². The molecule has 104 valence electrons. The zero-order valence-corrected chi connectivity index (χ0v) is 11.4. The first-order valence-electron chi connectivity index (χ1n) is 6.25. The topological polar surface area (TPSA) is 79.4 Å². The molecular formula is C12H19N5O2. The summed E-state index contributed by atoms with van der Waals surface area (Å²) < 4.78 is 5.38. The number of aryl methyl sites for hydroxylation is 1. The van der Waals surface area contributed by atoms with E-state index in [9.17, 15) is 4.79 Å². The van der Waals surface area contributed by atoms with Crippen molar-refractivity contribution < 1.29 is 9.53 Å². The van der Waals surface area contributed by atoms with E-state index in [1.807, 2.05) is 17.9 Å². The zero-order chi connectivity index (χ0) is 13.8. The molecule has 19 heavy (non-hydrogen) atoms. The van der Waals surface area contributed by atoms with Gasteiger partial charge in [-0.2, -0.15) is 4.98 Å². The quantitative estimate of drug-likeness (QED) is 0.786. The minimum absolute atomic E-state index is 0.0676. The Kier molecular flexibility index (Phi) is 4.16. The summed E-state index contributed by atoms with van der Waals surface area (Å²) in [5.41, 5.74) is 0.858. The summed E-state index contributed by atoms with van der Waals surface area (Å²) in [5, 5.41) is 5.58. The van der Waals surface area contributed by atoms with E-state index in [0.717, 1.165) is 11.5 Å². The lowest BCUT2D eigenvalue weighted by atomic mass is 10.2. The monoisotopic (exact) mass is 265 g/mol. The van der Waals surface area contributed by atoms with Gasteiger partial charge in [0, 0.05) is 32.4 Å². The first-order valence-corrected chi connectivity index (χ1v) is 6.25. The summed E-state index contributed by atoms with van der Waals surface area (Å²) in [6.07, 6.45) is 0. The van der Waals surface area contributed by atoms with E-state index in [1.165, 1.54) is 0 Å². The summed E-state index contributed by atoms with van der Waals surface area (Å²) in [5.74, 6) is 1.23. The molecule has 2 N–H and O–H groups in total. The standard InChI is InChI=1S/C12H19N5O2/c1-8-6-10(16-12(14-3)15-8)17-4-5-19-7-9(17)11(18)13-2/h6,9H,4-5,7H2,1-3H3,(H,13,18)(H,14,15,16). The zero-order valence-electron chi connectivity index (χ0n) is 11.4. The molecule has 1 atom stereocenters. The lowest BCUT2D eigenvalue weighted by Gasteiger charge is -2.35. The molecule has 1 aliphatic rings. The molecule has 2 rings (SSSR count). The molecule has 0 aromatic carbocycles. The van der Waals surface area contributed by atoms with Crippen molar-refractivity contribution in [1.29, 1.82) is 0 Å². The van der Waals surface area contributed by atoms with Gasteiger partial charge in [0.1, 0.15) is 11.9 Å². The van der Waals surface area contributed by atoms with Crippen LogP contribution in [0.5, 0.6) is 0 Å². The molecule has 0 saturated carbocycles. The number of carbonyl (C=O) groups excluding carboxylic acids is 1. The van der Waals surface area contributed by atoms with Gasteiger partial charge in [0.05, 0.1) is 13.2 Å². The minimum atomic E-state index is -0.349. The highest BCUT2D eigenvalue weighted by Gasteiger charge is 2.30. The van der Waals surface area contributed by atoms with E-state index >= 15 is 0 Å². The van der Waals surface area contributed by atoms with E-state index in [2.05, 4.69) is 20.6 Å². The molecule has 1 aliphatic heterocycles. The summed E-state index contributed by atoms with van der Waals surface area (Å²) in [6.45, 7) is 3.50. The van der Waals surface area contributed by atoms with E-state index in [4.69, 9.17) is 4.74 Å². The van der Waals surface area contributed by atoms with Gasteiger partial charge in [-0.15, -0.1) is 0 Å². The summed E-state index contributed by atoms with van der Waals surface area (Å²) in [6, 6.07) is 1.53. The van der Waals surface area contributed by atoms with Gasteiger partial charge in [-0.1, -0.05) is 0 Å². The molecule has 0 aliphatic carbocycles. The lowest BCUT2D eigenvalue weighted by Crippen LogP contribution is -2.53. The molecule has 1 aromatic heterocycles. The molecule has 1 aromatic rings. The molecule has 7 nitrogen and oxygen atoms in total. The maximum Gasteiger partial charge on any atom is 0.244 e. The van der Waals surface area contributed by atoms with Gasteiger partial charge in [-0.3, -0.25) is 4.79 Å². The Hall–Kier alpha value is -1.89. The fourth-order valence-electron chi connectivity index (χ4n) is 2.07. The number of likely N-dealkylation sites (N-methyl/N-ethyl adjacent to an activating group) is 1. The number of nitrogens with zero attached hydrogens (tertiary/aromatic N) is 3. The van der Waals surface area contributed by atoms with Crippen LogP contribution in [0.15, 0.2) is 6.07 Å². The first kappa shape index (κ1) is 13.5. The van der Waals surface area contributed by atoms with E-state index in [0.29, 0.717) is 25.7 Å². The number of carbonyl (C=O) groups is 1. The van der Waals surface area contributed by atoms with Gasteiger partial charge in [0.15, 0.2) is 0 Å². The van der Waals surface area contributed by atoms with Gasteiger partial charge in [0.25, 0.3) is 0 Å². The normalized spacial score (nSPS) is 19.1. The molecule has 0 bridgehead atoms. The average Bonchev–Trinajstić information content (AvgIpc) is 2.45. The number of hydrogen-bond acceptors (Lipinski definition) is 6. The van der Waals surface area contributed by atoms with Gasteiger partial charge in [-0.05, 0) is 6.92 Å². The highest BCUT2D eigenvalue weighted by Crippen LogP contribution is 2.19. The number of aromatic nitrogens is 2. The van der Waals surface area contributed by atoms with Crippen LogP contribution in [0, 0.1) is 6.92 Å². The number of morpholine rings is 1. The Balaban J connectivity index is 2.31. The Morgan fingerprint density at radius 2 is 2.26 bits per heavy atom. The fourth-order valence-corrected chi connectivity index (χ4v) is 2.07. The van der Waals surface area contributed by atoms with Crippen LogP contribution in [-0.2, 0) is 9.53 Å². The van der Waals surface area contributed by atoms with E-state index in [1.54, 1.807) is 14.1 Å². The van der Waals surface area contributed by atoms with Crippen molar-refractivity contribution in [1.82, 2.24) is 15.3 Å². The van der Waals surface area contributed by atoms with Crippen LogP contribution in [0.2, 0.25) is 0 Å². The van der Waals surface area contributed by atoms with Crippen LogP contribution in [0.3, 0.4) is 0 Å². The molecule has 1 fully saturated rings. The predicted octanol–water partition coefficient (Wildman–Crippen LogP) is -0.222. The molecule has 2 heterocycles.